The van der Waals surface area contributed by atoms with Gasteiger partial charge in [0.2, 0.25) is 0 Å². The average molecular weight is 184 g/mol. The first-order valence-electron chi connectivity index (χ1n) is 5.19. The molecule has 1 saturated carbocycles. The standard InChI is InChI=1S/C14H16/c1-10(2)9-13-11(3)14(13)12-7-5-4-6-8-12/h4-8,11,14H,1-3H3. The van der Waals surface area contributed by atoms with Gasteiger partial charge in [0.05, 0.1) is 0 Å². The van der Waals surface area contributed by atoms with Crippen LogP contribution >= 0.6 is 0 Å². The number of allylic oxidation sites excluding steroid dienone is 1. The van der Waals surface area contributed by atoms with E-state index in [1.165, 1.54) is 16.7 Å². The first-order chi connectivity index (χ1) is 6.70. The number of rotatable bonds is 1. The van der Waals surface area contributed by atoms with E-state index in [0.717, 1.165) is 0 Å². The van der Waals surface area contributed by atoms with E-state index in [1.54, 1.807) is 0 Å². The molecular formula is C14H16. The Morgan fingerprint density at radius 2 is 1.79 bits per heavy atom. The SMILES string of the molecule is CC(C)=C=C1C(C)C1c1ccccc1. The molecule has 0 heteroatoms. The molecule has 0 aliphatic heterocycles. The van der Waals surface area contributed by atoms with Gasteiger partial charge >= 0.3 is 0 Å². The van der Waals surface area contributed by atoms with Gasteiger partial charge in [-0.1, -0.05) is 37.3 Å². The molecule has 1 aromatic carbocycles. The first-order valence-corrected chi connectivity index (χ1v) is 5.19. The molecule has 0 amide bonds. The van der Waals surface area contributed by atoms with Crippen molar-refractivity contribution in [3.8, 4) is 0 Å². The van der Waals surface area contributed by atoms with Crippen LogP contribution in [-0.4, -0.2) is 0 Å². The highest BCUT2D eigenvalue weighted by Gasteiger charge is 2.41. The van der Waals surface area contributed by atoms with Crippen molar-refractivity contribution in [3.05, 3.63) is 52.8 Å². The zero-order valence-corrected chi connectivity index (χ0v) is 9.04. The molecule has 0 saturated heterocycles. The molecule has 1 aliphatic rings. The van der Waals surface area contributed by atoms with E-state index in [1.807, 2.05) is 0 Å². The van der Waals surface area contributed by atoms with Gasteiger partial charge in [0, 0.05) is 5.92 Å². The van der Waals surface area contributed by atoms with Gasteiger partial charge in [-0.25, -0.2) is 0 Å². The predicted molar refractivity (Wildman–Crippen MR) is 60.2 cm³/mol. The Morgan fingerprint density at radius 3 is 2.36 bits per heavy atom. The molecule has 1 aromatic rings. The molecule has 1 aliphatic carbocycles. The fraction of sp³-hybridized carbons (Fsp3) is 0.357. The van der Waals surface area contributed by atoms with Gasteiger partial charge in [0.15, 0.2) is 0 Å². The monoisotopic (exact) mass is 184 g/mol. The molecule has 2 rings (SSSR count). The Balaban J connectivity index is 2.31. The van der Waals surface area contributed by atoms with Crippen molar-refractivity contribution in [2.45, 2.75) is 26.7 Å². The maximum Gasteiger partial charge on any atom is 0.0196 e. The van der Waals surface area contributed by atoms with Gasteiger partial charge < -0.3 is 0 Å². The second kappa shape index (κ2) is 3.48. The Morgan fingerprint density at radius 1 is 1.14 bits per heavy atom. The van der Waals surface area contributed by atoms with Crippen molar-refractivity contribution >= 4 is 0 Å². The first kappa shape index (κ1) is 9.30. The number of benzene rings is 1. The molecular weight excluding hydrogens is 168 g/mol. The van der Waals surface area contributed by atoms with E-state index < -0.39 is 0 Å². The van der Waals surface area contributed by atoms with Crippen LogP contribution in [0.15, 0.2) is 47.2 Å². The lowest BCUT2D eigenvalue weighted by Crippen LogP contribution is -1.77. The molecule has 0 radical (unpaired) electrons. The topological polar surface area (TPSA) is 0 Å². The average Bonchev–Trinajstić information content (AvgIpc) is 2.77. The van der Waals surface area contributed by atoms with Gasteiger partial charge in [-0.15, -0.1) is 5.73 Å². The van der Waals surface area contributed by atoms with E-state index in [4.69, 9.17) is 0 Å². The van der Waals surface area contributed by atoms with Crippen LogP contribution in [0.2, 0.25) is 0 Å². The minimum atomic E-state index is 0.631. The van der Waals surface area contributed by atoms with E-state index in [2.05, 4.69) is 56.8 Å². The molecule has 0 spiro atoms. The van der Waals surface area contributed by atoms with Crippen LogP contribution in [-0.2, 0) is 0 Å². The predicted octanol–water partition coefficient (Wildman–Crippen LogP) is 3.91. The van der Waals surface area contributed by atoms with E-state index >= 15 is 0 Å². The van der Waals surface area contributed by atoms with Crippen molar-refractivity contribution in [2.24, 2.45) is 5.92 Å². The van der Waals surface area contributed by atoms with Crippen LogP contribution in [0.25, 0.3) is 0 Å². The second-order valence-electron chi connectivity index (χ2n) is 4.26. The second-order valence-corrected chi connectivity index (χ2v) is 4.26. The van der Waals surface area contributed by atoms with Crippen molar-refractivity contribution < 1.29 is 0 Å². The lowest BCUT2D eigenvalue weighted by Gasteiger charge is -1.94. The zero-order chi connectivity index (χ0) is 10.1. The third kappa shape index (κ3) is 1.66. The van der Waals surface area contributed by atoms with Gasteiger partial charge in [-0.05, 0) is 36.5 Å². The molecule has 72 valence electrons. The van der Waals surface area contributed by atoms with E-state index in [-0.39, 0.29) is 0 Å². The zero-order valence-electron chi connectivity index (χ0n) is 9.04. The number of hydrogen-bond acceptors (Lipinski definition) is 0. The highest BCUT2D eigenvalue weighted by Crippen LogP contribution is 2.52. The molecule has 0 nitrogen and oxygen atoms in total. The van der Waals surface area contributed by atoms with Crippen LogP contribution in [0.5, 0.6) is 0 Å². The molecule has 2 atom stereocenters. The van der Waals surface area contributed by atoms with Crippen molar-refractivity contribution in [3.63, 3.8) is 0 Å². The van der Waals surface area contributed by atoms with E-state index in [0.29, 0.717) is 11.8 Å². The highest BCUT2D eigenvalue weighted by atomic mass is 14.4. The largest absolute Gasteiger partial charge is 0.122 e. The minimum absolute atomic E-state index is 0.631. The van der Waals surface area contributed by atoms with Gasteiger partial charge in [-0.2, -0.15) is 0 Å². The van der Waals surface area contributed by atoms with Gasteiger partial charge in [0.25, 0.3) is 0 Å². The summed E-state index contributed by atoms with van der Waals surface area (Å²) in [6, 6.07) is 10.7. The van der Waals surface area contributed by atoms with Crippen LogP contribution in [0.1, 0.15) is 32.3 Å². The molecule has 0 heterocycles. The fourth-order valence-electron chi connectivity index (χ4n) is 2.00. The van der Waals surface area contributed by atoms with Crippen LogP contribution in [0.3, 0.4) is 0 Å². The lowest BCUT2D eigenvalue weighted by molar-refractivity contribution is 0.920. The summed E-state index contributed by atoms with van der Waals surface area (Å²) in [6.07, 6.45) is 0. The summed E-state index contributed by atoms with van der Waals surface area (Å²) < 4.78 is 0. The Hall–Kier alpha value is -1.26. The maximum atomic E-state index is 3.45. The van der Waals surface area contributed by atoms with Crippen LogP contribution in [0, 0.1) is 5.92 Å². The Bertz CT molecular complexity index is 387. The summed E-state index contributed by atoms with van der Waals surface area (Å²) in [5, 5.41) is 0. The van der Waals surface area contributed by atoms with Crippen molar-refractivity contribution in [1.82, 2.24) is 0 Å². The maximum absolute atomic E-state index is 3.45. The fourth-order valence-corrected chi connectivity index (χ4v) is 2.00. The molecule has 0 aromatic heterocycles. The smallest absolute Gasteiger partial charge is 0.0196 e. The summed E-state index contributed by atoms with van der Waals surface area (Å²) in [5.41, 5.74) is 7.63. The summed E-state index contributed by atoms with van der Waals surface area (Å²) in [5.74, 6) is 1.32. The van der Waals surface area contributed by atoms with Gasteiger partial charge in [-0.3, -0.25) is 0 Å². The molecule has 2 unspecified atom stereocenters. The van der Waals surface area contributed by atoms with Crippen molar-refractivity contribution in [2.75, 3.05) is 0 Å². The third-order valence-corrected chi connectivity index (χ3v) is 2.77. The summed E-state index contributed by atoms with van der Waals surface area (Å²) in [7, 11) is 0. The normalized spacial score (nSPS) is 24.4. The minimum Gasteiger partial charge on any atom is -0.122 e. The van der Waals surface area contributed by atoms with Crippen molar-refractivity contribution in [1.29, 1.82) is 0 Å². The number of hydrogen-bond donors (Lipinski definition) is 0. The van der Waals surface area contributed by atoms with Gasteiger partial charge in [0.1, 0.15) is 0 Å². The van der Waals surface area contributed by atoms with Crippen LogP contribution in [0.4, 0.5) is 0 Å². The molecule has 14 heavy (non-hydrogen) atoms. The molecule has 0 N–H and O–H groups in total. The lowest BCUT2D eigenvalue weighted by atomic mass is 10.1. The molecule has 0 bridgehead atoms. The summed E-state index contributed by atoms with van der Waals surface area (Å²) in [6.45, 7) is 6.50. The Labute approximate surface area is 86.0 Å². The quantitative estimate of drug-likeness (QED) is 0.580. The summed E-state index contributed by atoms with van der Waals surface area (Å²) in [4.78, 5) is 0. The molecule has 1 fully saturated rings. The van der Waals surface area contributed by atoms with Crippen LogP contribution < -0.4 is 0 Å². The highest BCUT2D eigenvalue weighted by molar-refractivity contribution is 5.44. The third-order valence-electron chi connectivity index (χ3n) is 2.77. The van der Waals surface area contributed by atoms with E-state index in [9.17, 15) is 0 Å². The Kier molecular flexibility index (Phi) is 2.31. The summed E-state index contributed by atoms with van der Waals surface area (Å²) >= 11 is 0.